The summed E-state index contributed by atoms with van der Waals surface area (Å²) >= 11 is 0. The van der Waals surface area contributed by atoms with Crippen LogP contribution in [0.3, 0.4) is 0 Å². The average molecular weight is 415 g/mol. The highest BCUT2D eigenvalue weighted by Gasteiger charge is 2.13. The third kappa shape index (κ3) is 8.84. The summed E-state index contributed by atoms with van der Waals surface area (Å²) in [6.07, 6.45) is 2.80. The predicted octanol–water partition coefficient (Wildman–Crippen LogP) is 4.16. The normalized spacial score (nSPS) is 11.5. The Kier molecular flexibility index (Phi) is 11.5. The van der Waals surface area contributed by atoms with Crippen LogP contribution in [0.15, 0.2) is 48.5 Å². The summed E-state index contributed by atoms with van der Waals surface area (Å²) in [5, 5.41) is 19.4. The summed E-state index contributed by atoms with van der Waals surface area (Å²) in [7, 11) is 0. The molecule has 0 fully saturated rings. The molecule has 0 radical (unpaired) electrons. The maximum atomic E-state index is 10.2. The molecule has 0 aliphatic carbocycles. The lowest BCUT2D eigenvalue weighted by molar-refractivity contribution is 0.0184. The Morgan fingerprint density at radius 2 is 1.50 bits per heavy atom. The number of ether oxygens (including phenoxy) is 1. The zero-order chi connectivity index (χ0) is 21.6. The minimum atomic E-state index is 0.239. The van der Waals surface area contributed by atoms with Crippen LogP contribution >= 0.6 is 0 Å². The third-order valence-corrected chi connectivity index (χ3v) is 5.28. The van der Waals surface area contributed by atoms with Gasteiger partial charge in [-0.1, -0.05) is 49.4 Å². The largest absolute Gasteiger partial charge is 0.508 e. The van der Waals surface area contributed by atoms with Crippen LogP contribution in [-0.4, -0.2) is 59.6 Å². The van der Waals surface area contributed by atoms with Crippen molar-refractivity contribution >= 4 is 0 Å². The highest BCUT2D eigenvalue weighted by molar-refractivity contribution is 5.31. The van der Waals surface area contributed by atoms with Crippen molar-refractivity contribution in [3.63, 3.8) is 0 Å². The molecule has 0 bridgehead atoms. The number of benzene rings is 2. The molecule has 0 heterocycles. The molecule has 5 nitrogen and oxygen atoms in total. The highest BCUT2D eigenvalue weighted by atomic mass is 16.5. The zero-order valence-electron chi connectivity index (χ0n) is 18.6. The van der Waals surface area contributed by atoms with Crippen LogP contribution in [0.1, 0.15) is 42.9 Å². The number of phenols is 1. The van der Waals surface area contributed by atoms with Crippen molar-refractivity contribution in [1.82, 2.24) is 9.80 Å². The molecule has 0 amide bonds. The first kappa shape index (κ1) is 24.4. The second-order valence-corrected chi connectivity index (χ2v) is 7.85. The number of aromatic hydroxyl groups is 1. The SMILES string of the molecule is CCCOCN(CCN(CCCCO)Cc1ccccc1C)Cc1ccccc1O. The number of aliphatic hydroxyl groups excluding tert-OH is 1. The Labute approximate surface area is 181 Å². The minimum absolute atomic E-state index is 0.239. The molecule has 0 spiro atoms. The van der Waals surface area contributed by atoms with Gasteiger partial charge in [-0.25, -0.2) is 0 Å². The summed E-state index contributed by atoms with van der Waals surface area (Å²) in [6.45, 7) is 10.1. The number of aliphatic hydroxyl groups is 1. The lowest BCUT2D eigenvalue weighted by Gasteiger charge is -2.28. The number of aryl methyl sites for hydroxylation is 1. The molecule has 0 aliphatic rings. The number of rotatable bonds is 15. The molecule has 0 atom stereocenters. The topological polar surface area (TPSA) is 56.2 Å². The molecule has 0 aliphatic heterocycles. The first-order valence-corrected chi connectivity index (χ1v) is 11.1. The van der Waals surface area contributed by atoms with Crippen molar-refractivity contribution in [2.45, 2.75) is 46.2 Å². The van der Waals surface area contributed by atoms with E-state index in [1.165, 1.54) is 11.1 Å². The molecule has 0 saturated carbocycles. The molecule has 2 aromatic rings. The Hall–Kier alpha value is -1.92. The van der Waals surface area contributed by atoms with E-state index in [2.05, 4.69) is 47.9 Å². The van der Waals surface area contributed by atoms with Gasteiger partial charge < -0.3 is 14.9 Å². The molecule has 30 heavy (non-hydrogen) atoms. The molecule has 2 rings (SSSR count). The van der Waals surface area contributed by atoms with Gasteiger partial charge in [0.25, 0.3) is 0 Å². The smallest absolute Gasteiger partial charge is 0.120 e. The fourth-order valence-corrected chi connectivity index (χ4v) is 3.44. The third-order valence-electron chi connectivity index (χ3n) is 5.28. The summed E-state index contributed by atoms with van der Waals surface area (Å²) in [5.41, 5.74) is 3.57. The highest BCUT2D eigenvalue weighted by Crippen LogP contribution is 2.18. The van der Waals surface area contributed by atoms with Crippen LogP contribution in [0.4, 0.5) is 0 Å². The predicted molar refractivity (Wildman–Crippen MR) is 122 cm³/mol. The Bertz CT molecular complexity index is 662. The van der Waals surface area contributed by atoms with Gasteiger partial charge in [0.05, 0.1) is 6.73 Å². The summed E-state index contributed by atoms with van der Waals surface area (Å²) in [6, 6.07) is 16.0. The number of hydrogen-bond donors (Lipinski definition) is 2. The van der Waals surface area contributed by atoms with Crippen LogP contribution in [0.25, 0.3) is 0 Å². The van der Waals surface area contributed by atoms with Gasteiger partial charge in [0.1, 0.15) is 5.75 Å². The first-order valence-electron chi connectivity index (χ1n) is 11.1. The Morgan fingerprint density at radius 1 is 0.833 bits per heavy atom. The molecule has 2 N–H and O–H groups in total. The molecule has 0 unspecified atom stereocenters. The van der Waals surface area contributed by atoms with Crippen molar-refractivity contribution in [1.29, 1.82) is 0 Å². The quantitative estimate of drug-likeness (QED) is 0.339. The fraction of sp³-hybridized carbons (Fsp3) is 0.520. The van der Waals surface area contributed by atoms with Crippen LogP contribution in [-0.2, 0) is 17.8 Å². The summed E-state index contributed by atoms with van der Waals surface area (Å²) in [4.78, 5) is 4.71. The summed E-state index contributed by atoms with van der Waals surface area (Å²) in [5.74, 6) is 0.331. The number of hydrogen-bond acceptors (Lipinski definition) is 5. The number of nitrogens with zero attached hydrogens (tertiary/aromatic N) is 2. The van der Waals surface area contributed by atoms with Gasteiger partial charge >= 0.3 is 0 Å². The molecule has 2 aromatic carbocycles. The molecular weight excluding hydrogens is 376 g/mol. The number of para-hydroxylation sites is 1. The summed E-state index contributed by atoms with van der Waals surface area (Å²) < 4.78 is 5.82. The lowest BCUT2D eigenvalue weighted by atomic mass is 10.1. The van der Waals surface area contributed by atoms with E-state index in [0.29, 0.717) is 19.0 Å². The van der Waals surface area contributed by atoms with Crippen molar-refractivity contribution in [2.75, 3.05) is 39.6 Å². The van der Waals surface area contributed by atoms with Gasteiger partial charge in [-0.3, -0.25) is 9.80 Å². The molecule has 0 saturated heterocycles. The minimum Gasteiger partial charge on any atom is -0.508 e. The second-order valence-electron chi connectivity index (χ2n) is 7.85. The van der Waals surface area contributed by atoms with Crippen molar-refractivity contribution in [2.24, 2.45) is 0 Å². The lowest BCUT2D eigenvalue weighted by Crippen LogP contribution is -2.36. The number of unbranched alkanes of at least 4 members (excludes halogenated alkanes) is 1. The van der Waals surface area contributed by atoms with Gasteiger partial charge in [-0.15, -0.1) is 0 Å². The van der Waals surface area contributed by atoms with Gasteiger partial charge in [0, 0.05) is 45.0 Å². The fourth-order valence-electron chi connectivity index (χ4n) is 3.44. The standard InChI is InChI=1S/C25H38N2O3/c1-3-18-30-21-27(20-24-12-6-7-13-25(24)29)16-15-26(14-8-9-17-28)19-23-11-5-4-10-22(23)2/h4-7,10-13,28-29H,3,8-9,14-21H2,1-2H3. The van der Waals surface area contributed by atoms with Gasteiger partial charge in [-0.2, -0.15) is 0 Å². The van der Waals surface area contributed by atoms with E-state index >= 15 is 0 Å². The van der Waals surface area contributed by atoms with Gasteiger partial charge in [-0.05, 0) is 49.9 Å². The van der Waals surface area contributed by atoms with E-state index in [1.807, 2.05) is 18.2 Å². The Balaban J connectivity index is 2.01. The first-order chi connectivity index (χ1) is 14.6. The van der Waals surface area contributed by atoms with E-state index in [9.17, 15) is 10.2 Å². The zero-order valence-corrected chi connectivity index (χ0v) is 18.6. The van der Waals surface area contributed by atoms with E-state index in [4.69, 9.17) is 4.74 Å². The molecule has 5 heteroatoms. The molecule has 0 aromatic heterocycles. The van der Waals surface area contributed by atoms with Crippen LogP contribution in [0, 0.1) is 6.92 Å². The van der Waals surface area contributed by atoms with Crippen molar-refractivity contribution in [3.05, 3.63) is 65.2 Å². The average Bonchev–Trinajstić information content (AvgIpc) is 2.75. The molecular formula is C25H38N2O3. The molecule has 166 valence electrons. The monoisotopic (exact) mass is 414 g/mol. The van der Waals surface area contributed by atoms with Gasteiger partial charge in [0.15, 0.2) is 0 Å². The Morgan fingerprint density at radius 3 is 2.20 bits per heavy atom. The maximum absolute atomic E-state index is 10.2. The van der Waals surface area contributed by atoms with E-state index in [0.717, 1.165) is 57.6 Å². The van der Waals surface area contributed by atoms with Crippen LogP contribution < -0.4 is 0 Å². The van der Waals surface area contributed by atoms with E-state index < -0.39 is 0 Å². The van der Waals surface area contributed by atoms with Gasteiger partial charge in [0.2, 0.25) is 0 Å². The van der Waals surface area contributed by atoms with Crippen LogP contribution in [0.2, 0.25) is 0 Å². The van der Waals surface area contributed by atoms with E-state index in [1.54, 1.807) is 6.07 Å². The van der Waals surface area contributed by atoms with E-state index in [-0.39, 0.29) is 6.61 Å². The maximum Gasteiger partial charge on any atom is 0.120 e. The van der Waals surface area contributed by atoms with Crippen molar-refractivity contribution < 1.29 is 14.9 Å². The number of phenolic OH excluding ortho intramolecular Hbond substituents is 1. The van der Waals surface area contributed by atoms with Crippen LogP contribution in [0.5, 0.6) is 5.75 Å². The second kappa shape index (κ2) is 14.1. The van der Waals surface area contributed by atoms with Crippen molar-refractivity contribution in [3.8, 4) is 5.75 Å².